The van der Waals surface area contributed by atoms with Crippen molar-refractivity contribution in [2.75, 3.05) is 0 Å². The van der Waals surface area contributed by atoms with Crippen LogP contribution in [0.5, 0.6) is 0 Å². The molecule has 3 aromatic carbocycles. The highest BCUT2D eigenvalue weighted by atomic mass is 16.4. The molecular formula is C22H14O8. The van der Waals surface area contributed by atoms with Gasteiger partial charge in [0.1, 0.15) is 0 Å². The molecule has 8 nitrogen and oxygen atoms in total. The van der Waals surface area contributed by atoms with Gasteiger partial charge in [0.2, 0.25) is 0 Å². The van der Waals surface area contributed by atoms with Crippen LogP contribution in [0.2, 0.25) is 0 Å². The van der Waals surface area contributed by atoms with Crippen LogP contribution in [-0.4, -0.2) is 44.3 Å². The molecule has 0 aliphatic carbocycles. The molecule has 0 atom stereocenters. The molecule has 0 spiro atoms. The van der Waals surface area contributed by atoms with Crippen LogP contribution in [0.15, 0.2) is 60.7 Å². The minimum absolute atomic E-state index is 0.151. The Hall–Kier alpha value is -4.46. The van der Waals surface area contributed by atoms with Crippen LogP contribution in [0.3, 0.4) is 0 Å². The molecule has 0 aromatic heterocycles. The van der Waals surface area contributed by atoms with E-state index in [2.05, 4.69) is 0 Å². The van der Waals surface area contributed by atoms with Gasteiger partial charge in [0.25, 0.3) is 0 Å². The molecule has 0 fully saturated rings. The van der Waals surface area contributed by atoms with Gasteiger partial charge in [-0.3, -0.25) is 0 Å². The van der Waals surface area contributed by atoms with E-state index >= 15 is 0 Å². The molecule has 3 rings (SSSR count). The second-order valence-corrected chi connectivity index (χ2v) is 6.23. The first-order valence-corrected chi connectivity index (χ1v) is 8.53. The molecule has 0 bridgehead atoms. The van der Waals surface area contributed by atoms with Gasteiger partial charge in [0.05, 0.1) is 22.3 Å². The standard InChI is InChI=1S/C22H14O8/c23-19(24)14-10-15(20(25)26)17(21(27)28)18(22(29)30)16(14)13-9-5-4-8-12(13)11-6-2-1-3-7-11/h1-10H,(H,23,24)(H,25,26)(H,27,28)(H,29,30). The summed E-state index contributed by atoms with van der Waals surface area (Å²) in [5.41, 5.74) is -2.56. The molecule has 8 heteroatoms. The highest BCUT2D eigenvalue weighted by Crippen LogP contribution is 2.39. The van der Waals surface area contributed by atoms with Gasteiger partial charge in [-0.1, -0.05) is 54.6 Å². The van der Waals surface area contributed by atoms with Gasteiger partial charge in [-0.15, -0.1) is 0 Å². The Morgan fingerprint density at radius 2 is 1.03 bits per heavy atom. The first kappa shape index (κ1) is 20.3. The number of rotatable bonds is 6. The van der Waals surface area contributed by atoms with Gasteiger partial charge in [-0.05, 0) is 22.8 Å². The van der Waals surface area contributed by atoms with Crippen molar-refractivity contribution in [2.24, 2.45) is 0 Å². The third-order valence-electron chi connectivity index (χ3n) is 4.50. The van der Waals surface area contributed by atoms with Crippen LogP contribution in [0.4, 0.5) is 0 Å². The van der Waals surface area contributed by atoms with E-state index in [9.17, 15) is 39.6 Å². The monoisotopic (exact) mass is 406 g/mol. The topological polar surface area (TPSA) is 149 Å². The van der Waals surface area contributed by atoms with Crippen molar-refractivity contribution in [1.82, 2.24) is 0 Å². The highest BCUT2D eigenvalue weighted by Gasteiger charge is 2.32. The summed E-state index contributed by atoms with van der Waals surface area (Å²) < 4.78 is 0. The second kappa shape index (κ2) is 7.88. The van der Waals surface area contributed by atoms with Gasteiger partial charge in [-0.2, -0.15) is 0 Å². The Morgan fingerprint density at radius 3 is 1.53 bits per heavy atom. The van der Waals surface area contributed by atoms with Crippen molar-refractivity contribution >= 4 is 23.9 Å². The number of carboxylic acid groups (broad SMARTS) is 4. The van der Waals surface area contributed by atoms with Crippen molar-refractivity contribution in [3.05, 3.63) is 82.9 Å². The largest absolute Gasteiger partial charge is 0.478 e. The average molecular weight is 406 g/mol. The van der Waals surface area contributed by atoms with Crippen molar-refractivity contribution in [1.29, 1.82) is 0 Å². The predicted octanol–water partition coefficient (Wildman–Crippen LogP) is 3.81. The summed E-state index contributed by atoms with van der Waals surface area (Å²) in [6.45, 7) is 0. The van der Waals surface area contributed by atoms with E-state index in [4.69, 9.17) is 0 Å². The van der Waals surface area contributed by atoms with Crippen LogP contribution < -0.4 is 0 Å². The fraction of sp³-hybridized carbons (Fsp3) is 0. The SMILES string of the molecule is O=C(O)c1cc(C(=O)O)c(-c2ccccc2-c2ccccc2)c(C(=O)O)c1C(=O)O. The fourth-order valence-electron chi connectivity index (χ4n) is 3.31. The van der Waals surface area contributed by atoms with Crippen LogP contribution in [0.25, 0.3) is 22.3 Å². The molecule has 0 amide bonds. The Labute approximate surface area is 169 Å². The lowest BCUT2D eigenvalue weighted by atomic mass is 9.84. The summed E-state index contributed by atoms with van der Waals surface area (Å²) in [6, 6.07) is 15.7. The van der Waals surface area contributed by atoms with Crippen LogP contribution in [0, 0.1) is 0 Å². The average Bonchev–Trinajstić information content (AvgIpc) is 2.72. The third kappa shape index (κ3) is 3.49. The van der Waals surface area contributed by atoms with Gasteiger partial charge in [0, 0.05) is 5.56 Å². The van der Waals surface area contributed by atoms with Crippen molar-refractivity contribution in [2.45, 2.75) is 0 Å². The van der Waals surface area contributed by atoms with Crippen molar-refractivity contribution < 1.29 is 39.6 Å². The molecule has 0 unspecified atom stereocenters. The van der Waals surface area contributed by atoms with Crippen molar-refractivity contribution in [3.8, 4) is 22.3 Å². The van der Waals surface area contributed by atoms with Crippen LogP contribution in [-0.2, 0) is 0 Å². The van der Waals surface area contributed by atoms with E-state index in [0.29, 0.717) is 17.2 Å². The molecule has 0 heterocycles. The molecule has 150 valence electrons. The van der Waals surface area contributed by atoms with Crippen LogP contribution >= 0.6 is 0 Å². The molecular weight excluding hydrogens is 392 g/mol. The maximum atomic E-state index is 12.1. The minimum atomic E-state index is -1.79. The zero-order valence-corrected chi connectivity index (χ0v) is 15.2. The number of carboxylic acids is 4. The lowest BCUT2D eigenvalue weighted by molar-refractivity contribution is 0.0632. The van der Waals surface area contributed by atoms with Crippen molar-refractivity contribution in [3.63, 3.8) is 0 Å². The lowest BCUT2D eigenvalue weighted by Crippen LogP contribution is -2.19. The molecule has 0 aliphatic heterocycles. The summed E-state index contributed by atoms with van der Waals surface area (Å²) in [5, 5.41) is 38.4. The first-order chi connectivity index (χ1) is 14.2. The second-order valence-electron chi connectivity index (χ2n) is 6.23. The maximum Gasteiger partial charge on any atom is 0.337 e. The zero-order chi connectivity index (χ0) is 22.0. The number of hydrogen-bond acceptors (Lipinski definition) is 4. The predicted molar refractivity (Wildman–Crippen MR) is 105 cm³/mol. The number of hydrogen-bond donors (Lipinski definition) is 4. The third-order valence-corrected chi connectivity index (χ3v) is 4.50. The summed E-state index contributed by atoms with van der Waals surface area (Å²) in [7, 11) is 0. The van der Waals surface area contributed by atoms with E-state index in [1.165, 1.54) is 6.07 Å². The Bertz CT molecular complexity index is 1200. The fourth-order valence-corrected chi connectivity index (χ4v) is 3.31. The normalized spacial score (nSPS) is 10.4. The molecule has 0 saturated heterocycles. The van der Waals surface area contributed by atoms with E-state index in [0.717, 1.165) is 0 Å². The van der Waals surface area contributed by atoms with E-state index < -0.39 is 46.1 Å². The number of benzene rings is 3. The molecule has 30 heavy (non-hydrogen) atoms. The summed E-state index contributed by atoms with van der Waals surface area (Å²) >= 11 is 0. The quantitative estimate of drug-likeness (QED) is 0.483. The molecule has 0 aliphatic rings. The van der Waals surface area contributed by atoms with Gasteiger partial charge in [0.15, 0.2) is 0 Å². The Balaban J connectivity index is 2.55. The zero-order valence-electron chi connectivity index (χ0n) is 15.2. The number of carbonyl (C=O) groups is 4. The molecule has 0 saturated carbocycles. The molecule has 0 radical (unpaired) electrons. The highest BCUT2D eigenvalue weighted by molar-refractivity contribution is 6.17. The summed E-state index contributed by atoms with van der Waals surface area (Å²) in [6.07, 6.45) is 0. The Kier molecular flexibility index (Phi) is 5.33. The van der Waals surface area contributed by atoms with E-state index in [1.54, 1.807) is 48.5 Å². The van der Waals surface area contributed by atoms with E-state index in [1.807, 2.05) is 0 Å². The summed E-state index contributed by atoms with van der Waals surface area (Å²) in [5.74, 6) is -6.88. The Morgan fingerprint density at radius 1 is 0.533 bits per heavy atom. The van der Waals surface area contributed by atoms with E-state index in [-0.39, 0.29) is 11.1 Å². The van der Waals surface area contributed by atoms with Gasteiger partial charge in [-0.25, -0.2) is 19.2 Å². The van der Waals surface area contributed by atoms with Gasteiger partial charge < -0.3 is 20.4 Å². The molecule has 4 N–H and O–H groups in total. The van der Waals surface area contributed by atoms with Gasteiger partial charge >= 0.3 is 23.9 Å². The maximum absolute atomic E-state index is 12.1. The smallest absolute Gasteiger partial charge is 0.337 e. The van der Waals surface area contributed by atoms with Crippen LogP contribution in [0.1, 0.15) is 41.4 Å². The summed E-state index contributed by atoms with van der Waals surface area (Å²) in [4.78, 5) is 47.4. The minimum Gasteiger partial charge on any atom is -0.478 e. The number of aromatic carboxylic acids is 4. The first-order valence-electron chi connectivity index (χ1n) is 8.53. The lowest BCUT2D eigenvalue weighted by Gasteiger charge is -2.18. The molecule has 3 aromatic rings.